The largest absolute Gasteiger partial charge is 0.438 e. The molecule has 14 nitrogen and oxygen atoms in total. The molecule has 23 heteroatoms. The fourth-order valence-electron chi connectivity index (χ4n) is 1.49. The van der Waals surface area contributed by atoms with Gasteiger partial charge in [-0.3, -0.25) is 0 Å². The van der Waals surface area contributed by atoms with Crippen LogP contribution in [0.5, 0.6) is 0 Å². The summed E-state index contributed by atoms with van der Waals surface area (Å²) in [4.78, 5) is 50.1. The van der Waals surface area contributed by atoms with E-state index >= 15 is 0 Å². The van der Waals surface area contributed by atoms with E-state index in [1.807, 2.05) is 0 Å². The van der Waals surface area contributed by atoms with E-state index in [0.717, 1.165) is 32.1 Å². The molecule has 0 heterocycles. The molecule has 0 saturated carbocycles. The molecule has 0 unspecified atom stereocenters. The van der Waals surface area contributed by atoms with E-state index < -0.39 is 12.2 Å². The molecule has 0 bridgehead atoms. The van der Waals surface area contributed by atoms with Gasteiger partial charge in [-0.05, 0) is 0 Å². The second kappa shape index (κ2) is 36.7. The van der Waals surface area contributed by atoms with Crippen molar-refractivity contribution in [2.75, 3.05) is 79.5 Å². The molecule has 0 aromatic carbocycles. The number of alkyl carbamates (subject to hydrolysis) is 2. The van der Waals surface area contributed by atoms with E-state index in [9.17, 15) is 9.59 Å². The third-order valence-corrected chi connectivity index (χ3v) is 11.2. The molecule has 0 radical (unpaired) electrons. The van der Waals surface area contributed by atoms with Crippen LogP contribution in [0.1, 0.15) is 0 Å². The average molecular weight is 755 g/mol. The second-order valence-electron chi connectivity index (χ2n) is 5.81. The van der Waals surface area contributed by atoms with E-state index in [-0.39, 0.29) is 29.7 Å². The summed E-state index contributed by atoms with van der Waals surface area (Å²) in [7, 11) is 0. The van der Waals surface area contributed by atoms with Gasteiger partial charge in [0.2, 0.25) is 12.8 Å². The fourth-order valence-corrected chi connectivity index (χ4v) is 7.62. The van der Waals surface area contributed by atoms with E-state index in [1.165, 1.54) is 59.8 Å². The number of rotatable bonds is 30. The number of nitrogens with one attached hydrogen (secondary N) is 2. The van der Waals surface area contributed by atoms with Crippen LogP contribution in [0.3, 0.4) is 0 Å². The third kappa shape index (κ3) is 36.6. The van der Waals surface area contributed by atoms with Crippen LogP contribution >= 0.6 is 106 Å². The maximum atomic E-state index is 11.6. The minimum atomic E-state index is -0.512. The normalized spacial score (nSPS) is 11.2. The molecule has 0 atom stereocenters. The van der Waals surface area contributed by atoms with E-state index in [0.29, 0.717) is 29.4 Å². The number of aliphatic imine (C=N–C) groups is 2. The number of carbonyl (C=O) groups excluding carboxylic acids is 2. The van der Waals surface area contributed by atoms with Gasteiger partial charge < -0.3 is 40.1 Å². The zero-order chi connectivity index (χ0) is 29.9. The highest BCUT2D eigenvalue weighted by Gasteiger charge is 2.02. The highest BCUT2D eigenvalue weighted by Crippen LogP contribution is 2.18. The van der Waals surface area contributed by atoms with Crippen molar-refractivity contribution in [3.63, 3.8) is 0 Å². The van der Waals surface area contributed by atoms with Crippen LogP contribution in [0.4, 0.5) is 9.59 Å². The first kappa shape index (κ1) is 41.5. The molecule has 0 spiro atoms. The fraction of sp³-hybridized carbons (Fsp3) is 0.778. The van der Waals surface area contributed by atoms with Crippen molar-refractivity contribution in [1.82, 2.24) is 10.6 Å². The number of hydrogen-bond acceptors (Lipinski definition) is 21. The summed E-state index contributed by atoms with van der Waals surface area (Å²) in [6.45, 7) is 0. The Morgan fingerprint density at radius 3 is 1.56 bits per heavy atom. The van der Waals surface area contributed by atoms with Crippen molar-refractivity contribution in [3.05, 3.63) is 0 Å². The Balaban J connectivity index is 3.26. The van der Waals surface area contributed by atoms with Crippen molar-refractivity contribution in [2.24, 2.45) is 9.98 Å². The van der Waals surface area contributed by atoms with Crippen molar-refractivity contribution in [2.45, 2.75) is 0 Å². The zero-order valence-electron chi connectivity index (χ0n) is 21.8. The van der Waals surface area contributed by atoms with Crippen molar-refractivity contribution in [3.8, 4) is 0 Å². The van der Waals surface area contributed by atoms with Gasteiger partial charge >= 0.3 is 12.2 Å². The lowest BCUT2D eigenvalue weighted by Crippen LogP contribution is -2.23. The van der Waals surface area contributed by atoms with Crippen LogP contribution in [0.15, 0.2) is 9.98 Å². The van der Waals surface area contributed by atoms with Crippen molar-refractivity contribution in [1.29, 1.82) is 0 Å². The molecule has 0 aliphatic carbocycles. The Hall–Kier alpha value is 0.470. The Morgan fingerprint density at radius 2 is 1.02 bits per heavy atom. The quantitative estimate of drug-likeness (QED) is 0.0203. The van der Waals surface area contributed by atoms with E-state index in [2.05, 4.69) is 25.5 Å². The number of aliphatic hydroxyl groups excluding tert-OH is 2. The van der Waals surface area contributed by atoms with Gasteiger partial charge in [0.15, 0.2) is 0 Å². The molecule has 0 aliphatic heterocycles. The van der Waals surface area contributed by atoms with Gasteiger partial charge in [-0.15, -0.1) is 94.1 Å². The van der Waals surface area contributed by atoms with Gasteiger partial charge in [-0.1, -0.05) is 11.8 Å². The summed E-state index contributed by atoms with van der Waals surface area (Å²) in [6, 6.07) is 0. The average Bonchev–Trinajstić information content (AvgIpc) is 2.97. The molecule has 0 aromatic rings. The smallest absolute Gasteiger partial charge is 0.408 e. The highest BCUT2D eigenvalue weighted by molar-refractivity contribution is 8.22. The van der Waals surface area contributed by atoms with E-state index in [1.54, 1.807) is 47.0 Å². The molecular weight excluding hydrogens is 721 g/mol. The molecular formula is C18H34N4O10S9. The summed E-state index contributed by atoms with van der Waals surface area (Å²) >= 11 is 13.2. The topological polar surface area (TPSA) is 179 Å². The molecule has 240 valence electrons. The maximum absolute atomic E-state index is 11.6. The van der Waals surface area contributed by atoms with Crippen LogP contribution in [-0.2, 0) is 29.0 Å². The Morgan fingerprint density at radius 1 is 0.585 bits per heavy atom. The van der Waals surface area contributed by atoms with Crippen molar-refractivity contribution >= 4 is 131 Å². The third-order valence-electron chi connectivity index (χ3n) is 3.00. The SMILES string of the molecule is O=C(NCSCSCN=COOCSCSCSCOC(=O)NCSCSCN=COOCSCO)OCSCO. The summed E-state index contributed by atoms with van der Waals surface area (Å²) in [5.41, 5.74) is 0. The molecule has 2 amide bonds. The summed E-state index contributed by atoms with van der Waals surface area (Å²) in [5, 5.41) is 25.4. The van der Waals surface area contributed by atoms with Gasteiger partial charge in [0.05, 0.1) is 35.4 Å². The molecule has 0 rings (SSSR count). The lowest BCUT2D eigenvalue weighted by atomic mass is 11.1. The van der Waals surface area contributed by atoms with Gasteiger partial charge in [0, 0.05) is 20.3 Å². The maximum Gasteiger partial charge on any atom is 0.408 e. The molecule has 0 saturated heterocycles. The molecule has 41 heavy (non-hydrogen) atoms. The minimum Gasteiger partial charge on any atom is -0.438 e. The number of ether oxygens (including phenoxy) is 2. The first-order valence-electron chi connectivity index (χ1n) is 11.0. The monoisotopic (exact) mass is 754 g/mol. The Bertz CT molecular complexity index is 666. The van der Waals surface area contributed by atoms with Gasteiger partial charge in [0.1, 0.15) is 23.8 Å². The number of aliphatic hydroxyl groups is 2. The van der Waals surface area contributed by atoms with Gasteiger partial charge in [0.25, 0.3) is 0 Å². The molecule has 0 aliphatic rings. The second-order valence-corrected chi connectivity index (χ2v) is 15.8. The van der Waals surface area contributed by atoms with Gasteiger partial charge in [-0.25, -0.2) is 19.6 Å². The van der Waals surface area contributed by atoms with Crippen LogP contribution in [0.2, 0.25) is 0 Å². The van der Waals surface area contributed by atoms with Crippen LogP contribution in [0.25, 0.3) is 0 Å². The number of hydrogen-bond donors (Lipinski definition) is 4. The summed E-state index contributed by atoms with van der Waals surface area (Å²) in [5.74, 6) is 2.74. The molecule has 0 aromatic heterocycles. The number of thioether (sulfide) groups is 9. The summed E-state index contributed by atoms with van der Waals surface area (Å²) in [6.07, 6.45) is 1.49. The van der Waals surface area contributed by atoms with Crippen LogP contribution in [0, 0.1) is 0 Å². The van der Waals surface area contributed by atoms with Crippen LogP contribution in [-0.4, -0.2) is 115 Å². The number of nitrogens with zero attached hydrogens (tertiary/aromatic N) is 2. The number of amides is 2. The zero-order valence-corrected chi connectivity index (χ0v) is 29.1. The lowest BCUT2D eigenvalue weighted by molar-refractivity contribution is -0.196. The standard InChI is InChI=1S/C18H34N4O10S9/c23-7-37-9-27-17(25)21-5-35-13-34-4-20-2-30-32-12-40-16-41-15-39-10-28-18(26)22-6-36-14-33-3-19-1-29-31-11-38-8-24/h1-2,23-24H,3-16H2,(H,21,25)(H,22,26). The molecule has 4 N–H and O–H groups in total. The van der Waals surface area contributed by atoms with Gasteiger partial charge in [-0.2, -0.15) is 9.78 Å². The Kier molecular flexibility index (Phi) is 37.1. The lowest BCUT2D eigenvalue weighted by Gasteiger charge is -2.06. The van der Waals surface area contributed by atoms with Crippen LogP contribution < -0.4 is 10.6 Å². The minimum absolute atomic E-state index is 0.0297. The molecule has 0 fully saturated rings. The number of carbonyl (C=O) groups is 2. The first-order valence-corrected chi connectivity index (χ1v) is 21.4. The highest BCUT2D eigenvalue weighted by atomic mass is 32.2. The first-order chi connectivity index (χ1) is 20.2. The predicted molar refractivity (Wildman–Crippen MR) is 181 cm³/mol. The summed E-state index contributed by atoms with van der Waals surface area (Å²) < 4.78 is 9.89. The van der Waals surface area contributed by atoms with Crippen molar-refractivity contribution < 1.29 is 48.8 Å². The van der Waals surface area contributed by atoms with E-state index in [4.69, 9.17) is 34.3 Å². The predicted octanol–water partition coefficient (Wildman–Crippen LogP) is 4.38. The Labute approximate surface area is 277 Å².